The van der Waals surface area contributed by atoms with Gasteiger partial charge in [-0.05, 0) is 23.6 Å². The van der Waals surface area contributed by atoms with Crippen molar-refractivity contribution in [2.75, 3.05) is 0 Å². The van der Waals surface area contributed by atoms with Gasteiger partial charge in [-0.1, -0.05) is 54.6 Å². The fourth-order valence-corrected chi connectivity index (χ4v) is 2.28. The van der Waals surface area contributed by atoms with Crippen LogP contribution in [-0.4, -0.2) is 9.78 Å². The summed E-state index contributed by atoms with van der Waals surface area (Å²) < 4.78 is 4.08. The minimum Gasteiger partial charge on any atom is -0.233 e. The molecule has 100 valence electrons. The predicted octanol–water partition coefficient (Wildman–Crippen LogP) is 2.58. The van der Waals surface area contributed by atoms with Crippen molar-refractivity contribution >= 4 is 0 Å². The molecular formula is C17H18N3+. The van der Waals surface area contributed by atoms with Crippen LogP contribution in [0.3, 0.4) is 0 Å². The third kappa shape index (κ3) is 2.94. The van der Waals surface area contributed by atoms with Gasteiger partial charge < -0.3 is 0 Å². The van der Waals surface area contributed by atoms with Gasteiger partial charge in [0.1, 0.15) is 6.54 Å². The third-order valence-corrected chi connectivity index (χ3v) is 3.43. The Kier molecular flexibility index (Phi) is 3.59. The molecule has 0 saturated carbocycles. The van der Waals surface area contributed by atoms with Crippen LogP contribution in [0.1, 0.15) is 16.7 Å². The fourth-order valence-electron chi connectivity index (χ4n) is 2.28. The van der Waals surface area contributed by atoms with E-state index in [4.69, 9.17) is 0 Å². The number of hydrogen-bond acceptors (Lipinski definition) is 1. The van der Waals surface area contributed by atoms with Crippen molar-refractivity contribution in [2.45, 2.75) is 20.0 Å². The average Bonchev–Trinajstić information content (AvgIpc) is 2.90. The minimum absolute atomic E-state index is 0.807. The van der Waals surface area contributed by atoms with E-state index in [1.807, 2.05) is 17.1 Å². The number of benzene rings is 2. The molecule has 0 aliphatic heterocycles. The summed E-state index contributed by atoms with van der Waals surface area (Å²) in [7, 11) is 0. The second kappa shape index (κ2) is 5.70. The Morgan fingerprint density at radius 1 is 1.00 bits per heavy atom. The quantitative estimate of drug-likeness (QED) is 0.664. The largest absolute Gasteiger partial charge is 0.265 e. The van der Waals surface area contributed by atoms with Crippen LogP contribution in [0.2, 0.25) is 0 Å². The van der Waals surface area contributed by atoms with Crippen molar-refractivity contribution in [1.29, 1.82) is 0 Å². The summed E-state index contributed by atoms with van der Waals surface area (Å²) in [4.78, 5) is 0. The first-order valence-electron chi connectivity index (χ1n) is 6.81. The first-order chi connectivity index (χ1) is 9.81. The van der Waals surface area contributed by atoms with Gasteiger partial charge in [0.25, 0.3) is 6.33 Å². The zero-order valence-corrected chi connectivity index (χ0v) is 11.6. The molecule has 0 aliphatic rings. The molecule has 2 aromatic carbocycles. The predicted molar refractivity (Wildman–Crippen MR) is 78.2 cm³/mol. The summed E-state index contributed by atoms with van der Waals surface area (Å²) in [6, 6.07) is 18.8. The zero-order chi connectivity index (χ0) is 13.8. The minimum atomic E-state index is 0.807. The Hall–Kier alpha value is -2.42. The van der Waals surface area contributed by atoms with Crippen LogP contribution >= 0.6 is 0 Å². The van der Waals surface area contributed by atoms with E-state index in [2.05, 4.69) is 71.4 Å². The van der Waals surface area contributed by atoms with Gasteiger partial charge in [0.2, 0.25) is 6.33 Å². The van der Waals surface area contributed by atoms with Gasteiger partial charge in [0, 0.05) is 5.10 Å². The normalized spacial score (nSPS) is 10.7. The Morgan fingerprint density at radius 2 is 1.75 bits per heavy atom. The summed E-state index contributed by atoms with van der Waals surface area (Å²) in [6.07, 6.45) is 3.94. The molecule has 3 aromatic rings. The molecule has 0 N–H and O–H groups in total. The topological polar surface area (TPSA) is 21.7 Å². The van der Waals surface area contributed by atoms with E-state index in [0.29, 0.717) is 0 Å². The molecule has 3 heteroatoms. The van der Waals surface area contributed by atoms with Crippen LogP contribution in [0.15, 0.2) is 67.3 Å². The summed E-state index contributed by atoms with van der Waals surface area (Å²) in [5, 5.41) is 4.42. The Morgan fingerprint density at radius 3 is 2.55 bits per heavy atom. The van der Waals surface area contributed by atoms with E-state index >= 15 is 0 Å². The Balaban J connectivity index is 1.73. The van der Waals surface area contributed by atoms with Crippen LogP contribution in [0, 0.1) is 6.92 Å². The zero-order valence-electron chi connectivity index (χ0n) is 11.6. The van der Waals surface area contributed by atoms with Gasteiger partial charge in [-0.15, -0.1) is 4.68 Å². The van der Waals surface area contributed by atoms with E-state index in [1.165, 1.54) is 16.7 Å². The maximum Gasteiger partial charge on any atom is 0.265 e. The first-order valence-corrected chi connectivity index (χ1v) is 6.81. The number of nitrogens with zero attached hydrogens (tertiary/aromatic N) is 3. The van der Waals surface area contributed by atoms with Gasteiger partial charge in [0.15, 0.2) is 0 Å². The number of hydrogen-bond donors (Lipinski definition) is 0. The maximum absolute atomic E-state index is 4.42. The molecule has 0 spiro atoms. The van der Waals surface area contributed by atoms with Crippen LogP contribution in [0.5, 0.6) is 0 Å². The SMILES string of the molecule is Cc1ccccc1C[n+]1cnn(Cc2ccccc2)c1. The lowest BCUT2D eigenvalue weighted by Crippen LogP contribution is -2.32. The number of aryl methyl sites for hydroxylation is 1. The monoisotopic (exact) mass is 264 g/mol. The summed E-state index contributed by atoms with van der Waals surface area (Å²) in [5.41, 5.74) is 3.91. The lowest BCUT2D eigenvalue weighted by Gasteiger charge is -2.02. The molecule has 1 aromatic heterocycles. The van der Waals surface area contributed by atoms with Gasteiger partial charge >= 0.3 is 0 Å². The molecule has 1 heterocycles. The molecule has 0 saturated heterocycles. The highest BCUT2D eigenvalue weighted by Crippen LogP contribution is 2.06. The summed E-state index contributed by atoms with van der Waals surface area (Å²) in [6.45, 7) is 3.81. The lowest BCUT2D eigenvalue weighted by molar-refractivity contribution is -0.689. The van der Waals surface area contributed by atoms with Crippen LogP contribution in [0.25, 0.3) is 0 Å². The smallest absolute Gasteiger partial charge is 0.233 e. The van der Waals surface area contributed by atoms with Gasteiger partial charge in [-0.25, -0.2) is 4.57 Å². The molecule has 0 atom stereocenters. The Labute approximate surface area is 119 Å². The molecule has 0 bridgehead atoms. The van der Waals surface area contributed by atoms with Gasteiger partial charge in [-0.2, -0.15) is 0 Å². The van der Waals surface area contributed by atoms with Crippen molar-refractivity contribution in [2.24, 2.45) is 0 Å². The highest BCUT2D eigenvalue weighted by Gasteiger charge is 2.08. The standard InChI is InChI=1S/C17H18N3/c1-15-7-5-6-10-17(15)12-19-13-18-20(14-19)11-16-8-3-2-4-9-16/h2-10,13-14H,11-12H2,1H3/q+1. The molecular weight excluding hydrogens is 246 g/mol. The van der Waals surface area contributed by atoms with E-state index in [1.54, 1.807) is 0 Å². The molecule has 20 heavy (non-hydrogen) atoms. The van der Waals surface area contributed by atoms with Crippen LogP contribution in [-0.2, 0) is 13.1 Å². The number of aromatic nitrogens is 3. The molecule has 0 radical (unpaired) electrons. The van der Waals surface area contributed by atoms with Crippen LogP contribution < -0.4 is 4.57 Å². The number of rotatable bonds is 4. The third-order valence-electron chi connectivity index (χ3n) is 3.43. The van der Waals surface area contributed by atoms with Crippen molar-refractivity contribution < 1.29 is 4.57 Å². The lowest BCUT2D eigenvalue weighted by atomic mass is 10.1. The molecule has 3 nitrogen and oxygen atoms in total. The first kappa shape index (κ1) is 12.6. The highest BCUT2D eigenvalue weighted by atomic mass is 15.3. The Bertz CT molecular complexity index is 686. The van der Waals surface area contributed by atoms with Crippen LogP contribution in [0.4, 0.5) is 0 Å². The molecule has 0 unspecified atom stereocenters. The van der Waals surface area contributed by atoms with E-state index in [0.717, 1.165) is 13.1 Å². The molecule has 0 amide bonds. The highest BCUT2D eigenvalue weighted by molar-refractivity contribution is 5.24. The van der Waals surface area contributed by atoms with E-state index in [-0.39, 0.29) is 0 Å². The van der Waals surface area contributed by atoms with E-state index < -0.39 is 0 Å². The van der Waals surface area contributed by atoms with Crippen molar-refractivity contribution in [3.05, 3.63) is 83.9 Å². The fraction of sp³-hybridized carbons (Fsp3) is 0.176. The van der Waals surface area contributed by atoms with Gasteiger partial charge in [0.05, 0.1) is 6.54 Å². The molecule has 0 aliphatic carbocycles. The summed E-state index contributed by atoms with van der Waals surface area (Å²) >= 11 is 0. The van der Waals surface area contributed by atoms with Gasteiger partial charge in [-0.3, -0.25) is 0 Å². The maximum atomic E-state index is 4.42. The average molecular weight is 264 g/mol. The van der Waals surface area contributed by atoms with E-state index in [9.17, 15) is 0 Å². The van der Waals surface area contributed by atoms with Crippen molar-refractivity contribution in [3.63, 3.8) is 0 Å². The van der Waals surface area contributed by atoms with Crippen molar-refractivity contribution in [1.82, 2.24) is 9.78 Å². The summed E-state index contributed by atoms with van der Waals surface area (Å²) in [5.74, 6) is 0. The molecule has 3 rings (SSSR count). The second-order valence-electron chi connectivity index (χ2n) is 5.03. The second-order valence-corrected chi connectivity index (χ2v) is 5.03. The molecule has 0 fully saturated rings. The van der Waals surface area contributed by atoms with Crippen molar-refractivity contribution in [3.8, 4) is 0 Å².